The van der Waals surface area contributed by atoms with Gasteiger partial charge < -0.3 is 14.8 Å². The van der Waals surface area contributed by atoms with E-state index in [-0.39, 0.29) is 24.5 Å². The normalized spacial score (nSPS) is 11.9. The maximum atomic E-state index is 11.7. The molecular weight excluding hydrogens is 270 g/mol. The van der Waals surface area contributed by atoms with Gasteiger partial charge in [0.2, 0.25) is 0 Å². The molecular formula is C16H23NO4. The van der Waals surface area contributed by atoms with Crippen molar-refractivity contribution in [3.8, 4) is 5.75 Å². The predicted octanol–water partition coefficient (Wildman–Crippen LogP) is 2.40. The number of nitrogens with one attached hydrogen (secondary N) is 1. The van der Waals surface area contributed by atoms with Crippen LogP contribution in [-0.2, 0) is 9.53 Å². The van der Waals surface area contributed by atoms with Gasteiger partial charge in [-0.15, -0.1) is 0 Å². The lowest BCUT2D eigenvalue weighted by molar-refractivity contribution is -0.124. The molecule has 0 aromatic heterocycles. The highest BCUT2D eigenvalue weighted by atomic mass is 16.5. The minimum atomic E-state index is -0.368. The van der Waals surface area contributed by atoms with Crippen LogP contribution >= 0.6 is 0 Å². The molecule has 1 atom stereocenters. The number of ether oxygens (including phenoxy) is 2. The van der Waals surface area contributed by atoms with Gasteiger partial charge in [0, 0.05) is 6.04 Å². The number of hydrogen-bond donors (Lipinski definition) is 1. The molecule has 0 saturated heterocycles. The van der Waals surface area contributed by atoms with E-state index in [0.29, 0.717) is 23.8 Å². The van der Waals surface area contributed by atoms with Crippen molar-refractivity contribution in [3.05, 3.63) is 29.8 Å². The first kappa shape index (κ1) is 17.0. The van der Waals surface area contributed by atoms with Crippen molar-refractivity contribution in [2.24, 2.45) is 5.92 Å². The van der Waals surface area contributed by atoms with Crippen LogP contribution in [0.15, 0.2) is 24.3 Å². The first-order valence-electron chi connectivity index (χ1n) is 7.13. The van der Waals surface area contributed by atoms with Crippen LogP contribution in [-0.4, -0.2) is 31.1 Å². The van der Waals surface area contributed by atoms with Crippen molar-refractivity contribution >= 4 is 11.9 Å². The number of amides is 1. The molecule has 1 aromatic rings. The molecule has 0 spiro atoms. The fourth-order valence-corrected chi connectivity index (χ4v) is 1.51. The topological polar surface area (TPSA) is 64.6 Å². The molecule has 0 bridgehead atoms. The standard InChI is InChI=1S/C16H23NO4/c1-5-20-16(19)13-6-8-14(9-7-13)21-10-15(18)17-12(4)11(2)3/h6-9,11-12H,5,10H2,1-4H3,(H,17,18). The van der Waals surface area contributed by atoms with Crippen LogP contribution < -0.4 is 10.1 Å². The van der Waals surface area contributed by atoms with Gasteiger partial charge in [-0.1, -0.05) is 13.8 Å². The van der Waals surface area contributed by atoms with Gasteiger partial charge in [0.15, 0.2) is 6.61 Å². The second-order valence-electron chi connectivity index (χ2n) is 5.13. The Hall–Kier alpha value is -2.04. The SMILES string of the molecule is CCOC(=O)c1ccc(OCC(=O)NC(C)C(C)C)cc1. The molecule has 21 heavy (non-hydrogen) atoms. The Kier molecular flexibility index (Phi) is 6.72. The van der Waals surface area contributed by atoms with Crippen molar-refractivity contribution < 1.29 is 19.1 Å². The van der Waals surface area contributed by atoms with Gasteiger partial charge >= 0.3 is 5.97 Å². The molecule has 0 radical (unpaired) electrons. The van der Waals surface area contributed by atoms with Gasteiger partial charge in [-0.05, 0) is 44.0 Å². The Morgan fingerprint density at radius 1 is 1.14 bits per heavy atom. The number of hydrogen-bond acceptors (Lipinski definition) is 4. The minimum absolute atomic E-state index is 0.0458. The summed E-state index contributed by atoms with van der Waals surface area (Å²) in [5.41, 5.74) is 0.460. The van der Waals surface area contributed by atoms with E-state index >= 15 is 0 Å². The molecule has 5 heteroatoms. The minimum Gasteiger partial charge on any atom is -0.484 e. The Morgan fingerprint density at radius 3 is 2.29 bits per heavy atom. The Balaban J connectivity index is 2.46. The van der Waals surface area contributed by atoms with Gasteiger partial charge in [-0.25, -0.2) is 4.79 Å². The summed E-state index contributed by atoms with van der Waals surface area (Å²) in [7, 11) is 0. The second kappa shape index (κ2) is 8.29. The van der Waals surface area contributed by atoms with E-state index in [1.165, 1.54) is 0 Å². The third-order valence-corrected chi connectivity index (χ3v) is 3.12. The highest BCUT2D eigenvalue weighted by Crippen LogP contribution is 2.13. The lowest BCUT2D eigenvalue weighted by atomic mass is 10.1. The molecule has 0 heterocycles. The van der Waals surface area contributed by atoms with Gasteiger partial charge in [0.25, 0.3) is 5.91 Å². The molecule has 1 aromatic carbocycles. The van der Waals surface area contributed by atoms with Crippen LogP contribution in [0.25, 0.3) is 0 Å². The average Bonchev–Trinajstić information content (AvgIpc) is 2.45. The molecule has 0 fully saturated rings. The van der Waals surface area contributed by atoms with E-state index in [9.17, 15) is 9.59 Å². The summed E-state index contributed by atoms with van der Waals surface area (Å²) in [4.78, 5) is 23.2. The number of carbonyl (C=O) groups is 2. The van der Waals surface area contributed by atoms with E-state index in [1.54, 1.807) is 31.2 Å². The molecule has 1 rings (SSSR count). The quantitative estimate of drug-likeness (QED) is 0.784. The molecule has 1 N–H and O–H groups in total. The van der Waals surface area contributed by atoms with Gasteiger partial charge in [0.05, 0.1) is 12.2 Å². The zero-order valence-electron chi connectivity index (χ0n) is 13.0. The summed E-state index contributed by atoms with van der Waals surface area (Å²) in [5.74, 6) is 0.381. The van der Waals surface area contributed by atoms with Gasteiger partial charge in [-0.3, -0.25) is 4.79 Å². The number of esters is 1. The maximum absolute atomic E-state index is 11.7. The second-order valence-corrected chi connectivity index (χ2v) is 5.13. The van der Waals surface area contributed by atoms with E-state index in [0.717, 1.165) is 0 Å². The third kappa shape index (κ3) is 5.85. The van der Waals surface area contributed by atoms with Crippen molar-refractivity contribution in [1.29, 1.82) is 0 Å². The molecule has 1 unspecified atom stereocenters. The van der Waals surface area contributed by atoms with Crippen molar-refractivity contribution in [3.63, 3.8) is 0 Å². The Bertz CT molecular complexity index is 468. The Morgan fingerprint density at radius 2 is 1.76 bits per heavy atom. The smallest absolute Gasteiger partial charge is 0.338 e. The van der Waals surface area contributed by atoms with E-state index in [1.807, 2.05) is 20.8 Å². The molecule has 0 aliphatic heterocycles. The third-order valence-electron chi connectivity index (χ3n) is 3.12. The summed E-state index contributed by atoms with van der Waals surface area (Å²) in [6, 6.07) is 6.62. The maximum Gasteiger partial charge on any atom is 0.338 e. The first-order chi connectivity index (χ1) is 9.93. The van der Waals surface area contributed by atoms with Crippen LogP contribution in [0.1, 0.15) is 38.1 Å². The average molecular weight is 293 g/mol. The number of benzene rings is 1. The zero-order chi connectivity index (χ0) is 15.8. The molecule has 5 nitrogen and oxygen atoms in total. The summed E-state index contributed by atoms with van der Waals surface area (Å²) in [6.07, 6.45) is 0. The van der Waals surface area contributed by atoms with E-state index in [2.05, 4.69) is 5.32 Å². The van der Waals surface area contributed by atoms with Crippen LogP contribution in [0, 0.1) is 5.92 Å². The van der Waals surface area contributed by atoms with Crippen LogP contribution in [0.4, 0.5) is 0 Å². The zero-order valence-corrected chi connectivity index (χ0v) is 13.0. The van der Waals surface area contributed by atoms with Crippen molar-refractivity contribution in [1.82, 2.24) is 5.32 Å². The monoisotopic (exact) mass is 293 g/mol. The highest BCUT2D eigenvalue weighted by Gasteiger charge is 2.11. The Labute approximate surface area is 125 Å². The summed E-state index contributed by atoms with van der Waals surface area (Å²) in [6.45, 7) is 8.09. The van der Waals surface area contributed by atoms with Crippen molar-refractivity contribution in [2.45, 2.75) is 33.7 Å². The summed E-state index contributed by atoms with van der Waals surface area (Å²) < 4.78 is 10.3. The van der Waals surface area contributed by atoms with E-state index in [4.69, 9.17) is 9.47 Å². The largest absolute Gasteiger partial charge is 0.484 e. The summed E-state index contributed by atoms with van der Waals surface area (Å²) in [5, 5.41) is 2.86. The van der Waals surface area contributed by atoms with Crippen LogP contribution in [0.5, 0.6) is 5.75 Å². The highest BCUT2D eigenvalue weighted by molar-refractivity contribution is 5.89. The van der Waals surface area contributed by atoms with Crippen molar-refractivity contribution in [2.75, 3.05) is 13.2 Å². The fraction of sp³-hybridized carbons (Fsp3) is 0.500. The fourth-order valence-electron chi connectivity index (χ4n) is 1.51. The molecule has 116 valence electrons. The first-order valence-corrected chi connectivity index (χ1v) is 7.13. The van der Waals surface area contributed by atoms with Crippen LogP contribution in [0.2, 0.25) is 0 Å². The van der Waals surface area contributed by atoms with Gasteiger partial charge in [0.1, 0.15) is 5.75 Å². The molecule has 0 saturated carbocycles. The van der Waals surface area contributed by atoms with E-state index < -0.39 is 0 Å². The lowest BCUT2D eigenvalue weighted by Gasteiger charge is -2.17. The number of rotatable bonds is 7. The number of carbonyl (C=O) groups excluding carboxylic acids is 2. The van der Waals surface area contributed by atoms with Crippen LogP contribution in [0.3, 0.4) is 0 Å². The predicted molar refractivity (Wildman–Crippen MR) is 80.3 cm³/mol. The molecule has 0 aliphatic rings. The van der Waals surface area contributed by atoms with Gasteiger partial charge in [-0.2, -0.15) is 0 Å². The molecule has 1 amide bonds. The summed E-state index contributed by atoms with van der Waals surface area (Å²) >= 11 is 0. The molecule has 0 aliphatic carbocycles. The lowest BCUT2D eigenvalue weighted by Crippen LogP contribution is -2.38.